The van der Waals surface area contributed by atoms with Gasteiger partial charge in [-0.1, -0.05) is 77.9 Å². The smallest absolute Gasteiger partial charge is 0.162 e. The summed E-state index contributed by atoms with van der Waals surface area (Å²) in [4.78, 5) is 12.0. The molecule has 3 nitrogen and oxygen atoms in total. The average molecular weight is 366 g/mol. The molecule has 0 unspecified atom stereocenters. The lowest BCUT2D eigenvalue weighted by Gasteiger charge is -2.33. The van der Waals surface area contributed by atoms with Crippen LogP contribution >= 0.6 is 0 Å². The molecule has 27 heavy (non-hydrogen) atoms. The van der Waals surface area contributed by atoms with E-state index < -0.39 is 0 Å². The van der Waals surface area contributed by atoms with Crippen LogP contribution in [0.2, 0.25) is 0 Å². The number of nitrogens with zero attached hydrogens (tertiary/aromatic N) is 3. The molecular formula is C24H35N3. The number of aryl methyl sites for hydroxylation is 1. The Kier molecular flexibility index (Phi) is 10.1. The molecule has 3 aromatic rings. The Bertz CT molecular complexity index is 808. The van der Waals surface area contributed by atoms with Crippen LogP contribution in [0.15, 0.2) is 48.5 Å². The van der Waals surface area contributed by atoms with E-state index in [2.05, 4.69) is 48.2 Å². The highest BCUT2D eigenvalue weighted by Crippen LogP contribution is 2.30. The summed E-state index contributed by atoms with van der Waals surface area (Å²) < 4.78 is 0. The van der Waals surface area contributed by atoms with Crippen LogP contribution < -0.4 is 4.90 Å². The number of fused-ring (bicyclic) bond motifs is 1. The van der Waals surface area contributed by atoms with Crippen LogP contribution in [0.25, 0.3) is 22.3 Å². The molecule has 1 fully saturated rings. The number of anilines is 1. The van der Waals surface area contributed by atoms with Crippen LogP contribution in [0.5, 0.6) is 0 Å². The van der Waals surface area contributed by atoms with Gasteiger partial charge < -0.3 is 4.90 Å². The Hall–Kier alpha value is -2.42. The zero-order valence-corrected chi connectivity index (χ0v) is 18.1. The van der Waals surface area contributed by atoms with E-state index in [0.717, 1.165) is 41.2 Å². The lowest BCUT2D eigenvalue weighted by Crippen LogP contribution is -2.37. The van der Waals surface area contributed by atoms with Crippen molar-refractivity contribution in [2.24, 2.45) is 0 Å². The highest BCUT2D eigenvalue weighted by atomic mass is 15.2. The standard InChI is InChI=1S/C18H17N3.3C2H6/c1-13-7-2-3-8-14(13)17-19-16-10-5-4-9-15(16)18(20-17)21-11-6-12-21;3*1-2/h2-5,7-10H,6,11-12H2,1H3;3*1-2H3. The Morgan fingerprint density at radius 3 is 1.93 bits per heavy atom. The molecule has 0 atom stereocenters. The monoisotopic (exact) mass is 365 g/mol. The van der Waals surface area contributed by atoms with Crippen molar-refractivity contribution in [2.75, 3.05) is 18.0 Å². The topological polar surface area (TPSA) is 29.0 Å². The van der Waals surface area contributed by atoms with Crippen molar-refractivity contribution in [3.05, 3.63) is 54.1 Å². The SMILES string of the molecule is CC.CC.CC.Cc1ccccc1-c1nc(N2CCC2)c2ccccc2n1. The maximum Gasteiger partial charge on any atom is 0.162 e. The lowest BCUT2D eigenvalue weighted by molar-refractivity contribution is 0.612. The van der Waals surface area contributed by atoms with Crippen LogP contribution in [0.4, 0.5) is 5.82 Å². The molecule has 0 N–H and O–H groups in total. The molecule has 1 aliphatic heterocycles. The molecule has 2 aromatic carbocycles. The fraction of sp³-hybridized carbons (Fsp3) is 0.417. The molecule has 3 heteroatoms. The third kappa shape index (κ3) is 5.29. The van der Waals surface area contributed by atoms with Gasteiger partial charge in [0.15, 0.2) is 5.82 Å². The van der Waals surface area contributed by atoms with Gasteiger partial charge in [0, 0.05) is 24.0 Å². The van der Waals surface area contributed by atoms with Gasteiger partial charge in [0.05, 0.1) is 5.52 Å². The van der Waals surface area contributed by atoms with Crippen molar-refractivity contribution in [3.8, 4) is 11.4 Å². The highest BCUT2D eigenvalue weighted by Gasteiger charge is 2.20. The van der Waals surface area contributed by atoms with Crippen LogP contribution in [-0.2, 0) is 0 Å². The van der Waals surface area contributed by atoms with E-state index in [0.29, 0.717) is 0 Å². The van der Waals surface area contributed by atoms with Crippen molar-refractivity contribution in [3.63, 3.8) is 0 Å². The van der Waals surface area contributed by atoms with E-state index in [-0.39, 0.29) is 0 Å². The van der Waals surface area contributed by atoms with Crippen LogP contribution in [0.1, 0.15) is 53.5 Å². The van der Waals surface area contributed by atoms with Gasteiger partial charge in [-0.3, -0.25) is 0 Å². The first-order valence-corrected chi connectivity index (χ1v) is 10.4. The summed E-state index contributed by atoms with van der Waals surface area (Å²) in [5.74, 6) is 1.90. The molecule has 1 aromatic heterocycles. The molecule has 146 valence electrons. The molecule has 0 radical (unpaired) electrons. The number of hydrogen-bond donors (Lipinski definition) is 0. The third-order valence-electron chi connectivity index (χ3n) is 4.12. The largest absolute Gasteiger partial charge is 0.356 e. The number of para-hydroxylation sites is 1. The van der Waals surface area contributed by atoms with E-state index in [1.807, 2.05) is 53.7 Å². The molecule has 4 rings (SSSR count). The fourth-order valence-electron chi connectivity index (χ4n) is 2.77. The summed E-state index contributed by atoms with van der Waals surface area (Å²) in [6.07, 6.45) is 1.25. The van der Waals surface area contributed by atoms with Crippen molar-refractivity contribution in [1.29, 1.82) is 0 Å². The molecule has 0 aliphatic carbocycles. The van der Waals surface area contributed by atoms with E-state index in [1.165, 1.54) is 12.0 Å². The summed E-state index contributed by atoms with van der Waals surface area (Å²) in [7, 11) is 0. The summed E-state index contributed by atoms with van der Waals surface area (Å²) in [6.45, 7) is 16.3. The van der Waals surface area contributed by atoms with Gasteiger partial charge >= 0.3 is 0 Å². The van der Waals surface area contributed by atoms with E-state index in [9.17, 15) is 0 Å². The molecule has 2 heterocycles. The molecule has 0 bridgehead atoms. The van der Waals surface area contributed by atoms with Gasteiger partial charge in [-0.05, 0) is 31.0 Å². The molecule has 1 aliphatic rings. The quantitative estimate of drug-likeness (QED) is 0.495. The molecular weight excluding hydrogens is 330 g/mol. The third-order valence-corrected chi connectivity index (χ3v) is 4.12. The second-order valence-electron chi connectivity index (χ2n) is 5.54. The van der Waals surface area contributed by atoms with Crippen LogP contribution in [0.3, 0.4) is 0 Å². The molecule has 0 spiro atoms. The molecule has 1 saturated heterocycles. The predicted molar refractivity (Wildman–Crippen MR) is 121 cm³/mol. The van der Waals surface area contributed by atoms with Crippen molar-refractivity contribution >= 4 is 16.7 Å². The second kappa shape index (κ2) is 12.1. The van der Waals surface area contributed by atoms with Crippen LogP contribution in [0, 0.1) is 6.92 Å². The summed E-state index contributed by atoms with van der Waals surface area (Å²) in [5, 5.41) is 1.15. The minimum Gasteiger partial charge on any atom is -0.356 e. The fourth-order valence-corrected chi connectivity index (χ4v) is 2.77. The number of benzene rings is 2. The van der Waals surface area contributed by atoms with Gasteiger partial charge in [0.1, 0.15) is 5.82 Å². The first-order valence-electron chi connectivity index (χ1n) is 10.4. The number of aromatic nitrogens is 2. The summed E-state index contributed by atoms with van der Waals surface area (Å²) in [5.41, 5.74) is 3.35. The highest BCUT2D eigenvalue weighted by molar-refractivity contribution is 5.91. The first kappa shape index (κ1) is 22.6. The normalized spacial score (nSPS) is 11.7. The maximum atomic E-state index is 4.87. The second-order valence-corrected chi connectivity index (χ2v) is 5.54. The van der Waals surface area contributed by atoms with E-state index in [4.69, 9.17) is 9.97 Å². The molecule has 0 saturated carbocycles. The summed E-state index contributed by atoms with van der Waals surface area (Å²) >= 11 is 0. The van der Waals surface area contributed by atoms with Gasteiger partial charge in [-0.2, -0.15) is 0 Å². The minimum atomic E-state index is 0.828. The van der Waals surface area contributed by atoms with Crippen LogP contribution in [-0.4, -0.2) is 23.1 Å². The Labute approximate surface area is 165 Å². The van der Waals surface area contributed by atoms with Crippen molar-refractivity contribution in [1.82, 2.24) is 9.97 Å². The first-order chi connectivity index (χ1) is 13.3. The van der Waals surface area contributed by atoms with E-state index in [1.54, 1.807) is 0 Å². The number of rotatable bonds is 2. The van der Waals surface area contributed by atoms with Crippen molar-refractivity contribution < 1.29 is 0 Å². The van der Waals surface area contributed by atoms with Gasteiger partial charge in [-0.25, -0.2) is 9.97 Å². The Balaban J connectivity index is 0.000000556. The zero-order chi connectivity index (χ0) is 20.2. The maximum absolute atomic E-state index is 4.87. The minimum absolute atomic E-state index is 0.828. The van der Waals surface area contributed by atoms with Gasteiger partial charge in [0.25, 0.3) is 0 Å². The molecule has 0 amide bonds. The lowest BCUT2D eigenvalue weighted by atomic mass is 10.1. The predicted octanol–water partition coefficient (Wildman–Crippen LogP) is 6.89. The Morgan fingerprint density at radius 1 is 0.741 bits per heavy atom. The summed E-state index contributed by atoms with van der Waals surface area (Å²) in [6, 6.07) is 16.6. The van der Waals surface area contributed by atoms with Gasteiger partial charge in [-0.15, -0.1) is 0 Å². The zero-order valence-electron chi connectivity index (χ0n) is 18.1. The van der Waals surface area contributed by atoms with Gasteiger partial charge in [0.2, 0.25) is 0 Å². The van der Waals surface area contributed by atoms with E-state index >= 15 is 0 Å². The number of hydrogen-bond acceptors (Lipinski definition) is 3. The Morgan fingerprint density at radius 2 is 1.33 bits per heavy atom. The van der Waals surface area contributed by atoms with Crippen molar-refractivity contribution in [2.45, 2.75) is 54.9 Å². The average Bonchev–Trinajstić information content (AvgIpc) is 2.71.